The summed E-state index contributed by atoms with van der Waals surface area (Å²) < 4.78 is 6.01. The summed E-state index contributed by atoms with van der Waals surface area (Å²) in [6.07, 6.45) is -4.28. The second kappa shape index (κ2) is 7.52. The Bertz CT molecular complexity index is 831. The molecule has 27 heavy (non-hydrogen) atoms. The molecule has 2 aromatic rings. The zero-order valence-corrected chi connectivity index (χ0v) is 14.7. The number of carbonyl (C=O) groups is 1. The maximum absolute atomic E-state index is 12.5. The van der Waals surface area contributed by atoms with Gasteiger partial charge in [-0.2, -0.15) is 0 Å². The number of aliphatic hydroxyl groups excluding tert-OH is 3. The van der Waals surface area contributed by atoms with Gasteiger partial charge in [0.15, 0.2) is 6.10 Å². The van der Waals surface area contributed by atoms with Crippen molar-refractivity contribution in [1.82, 2.24) is 14.9 Å². The Balaban J connectivity index is 1.80. The number of amides is 1. The topological polar surface area (TPSA) is 163 Å². The lowest BCUT2D eigenvalue weighted by atomic mass is 10.1. The Morgan fingerprint density at radius 3 is 2.85 bits per heavy atom. The monoisotopic (exact) mass is 398 g/mol. The van der Waals surface area contributed by atoms with Gasteiger partial charge in [-0.1, -0.05) is 23.7 Å². The second-order valence-electron chi connectivity index (χ2n) is 6.10. The molecular weight excluding hydrogens is 380 g/mol. The molecule has 5 atom stereocenters. The highest BCUT2D eigenvalue weighted by Crippen LogP contribution is 2.34. The smallest absolute Gasteiger partial charge is 0.287 e. The summed E-state index contributed by atoms with van der Waals surface area (Å²) in [5, 5.41) is 43.4. The van der Waals surface area contributed by atoms with E-state index in [4.69, 9.17) is 22.1 Å². The summed E-state index contributed by atoms with van der Waals surface area (Å²) in [5.74, 6) is -3.49. The number of aromatic nitrogens is 2. The van der Waals surface area contributed by atoms with Crippen molar-refractivity contribution in [1.29, 1.82) is 0 Å². The number of hydrogen-bond acceptors (Lipinski definition) is 8. The first-order valence-corrected chi connectivity index (χ1v) is 8.38. The van der Waals surface area contributed by atoms with E-state index in [0.717, 1.165) is 10.1 Å². The SMILES string of the molecule is NC(O)[C@H]1O[C@](O)(n2ccnc2C(=O)NCc2cccc(Cl)c2)[C@H](O)[C@@H]1O. The van der Waals surface area contributed by atoms with Gasteiger partial charge in [-0.3, -0.25) is 9.36 Å². The van der Waals surface area contributed by atoms with E-state index in [9.17, 15) is 25.2 Å². The van der Waals surface area contributed by atoms with E-state index in [0.29, 0.717) is 5.02 Å². The van der Waals surface area contributed by atoms with E-state index in [1.807, 2.05) is 0 Å². The normalized spacial score (nSPS) is 28.9. The maximum atomic E-state index is 12.5. The van der Waals surface area contributed by atoms with Gasteiger partial charge in [-0.25, -0.2) is 4.98 Å². The molecule has 1 amide bonds. The van der Waals surface area contributed by atoms with Crippen LogP contribution in [0.3, 0.4) is 0 Å². The second-order valence-corrected chi connectivity index (χ2v) is 6.54. The lowest BCUT2D eigenvalue weighted by molar-refractivity contribution is -0.293. The predicted octanol–water partition coefficient (Wildman–Crippen LogP) is -1.53. The van der Waals surface area contributed by atoms with Crippen molar-refractivity contribution in [2.75, 3.05) is 0 Å². The Morgan fingerprint density at radius 1 is 1.48 bits per heavy atom. The molecule has 1 fully saturated rings. The highest BCUT2D eigenvalue weighted by Gasteiger charge is 2.57. The van der Waals surface area contributed by atoms with Crippen LogP contribution < -0.4 is 11.1 Å². The fraction of sp³-hybridized carbons (Fsp3) is 0.375. The number of benzene rings is 1. The van der Waals surface area contributed by atoms with Crippen molar-refractivity contribution in [2.45, 2.75) is 37.0 Å². The molecule has 7 N–H and O–H groups in total. The van der Waals surface area contributed by atoms with Crippen molar-refractivity contribution >= 4 is 17.5 Å². The summed E-state index contributed by atoms with van der Waals surface area (Å²) in [5.41, 5.74) is 6.02. The minimum Gasteiger partial charge on any atom is -0.387 e. The lowest BCUT2D eigenvalue weighted by Gasteiger charge is -2.28. The van der Waals surface area contributed by atoms with Gasteiger partial charge in [0.25, 0.3) is 11.8 Å². The fourth-order valence-corrected chi connectivity index (χ4v) is 3.06. The van der Waals surface area contributed by atoms with Crippen molar-refractivity contribution < 1.29 is 30.0 Å². The molecule has 2 heterocycles. The largest absolute Gasteiger partial charge is 0.387 e. The van der Waals surface area contributed by atoms with Crippen LogP contribution in [0.2, 0.25) is 5.02 Å². The summed E-state index contributed by atoms with van der Waals surface area (Å²) in [7, 11) is 0. The minimum absolute atomic E-state index is 0.140. The molecule has 1 aliphatic rings. The van der Waals surface area contributed by atoms with Crippen LogP contribution in [0, 0.1) is 0 Å². The van der Waals surface area contributed by atoms with Gasteiger partial charge in [-0.05, 0) is 17.7 Å². The van der Waals surface area contributed by atoms with Gasteiger partial charge >= 0.3 is 0 Å². The molecule has 3 rings (SSSR count). The van der Waals surface area contributed by atoms with Gasteiger partial charge in [0.2, 0.25) is 5.82 Å². The molecule has 0 spiro atoms. The number of imidazole rings is 1. The number of ether oxygens (including phenoxy) is 1. The highest BCUT2D eigenvalue weighted by molar-refractivity contribution is 6.30. The van der Waals surface area contributed by atoms with E-state index in [1.165, 1.54) is 12.4 Å². The summed E-state index contributed by atoms with van der Waals surface area (Å²) in [6.45, 7) is 0.140. The third kappa shape index (κ3) is 3.69. The lowest BCUT2D eigenvalue weighted by Crippen LogP contribution is -2.47. The van der Waals surface area contributed by atoms with Crippen LogP contribution >= 0.6 is 11.6 Å². The number of aliphatic hydroxyl groups is 4. The molecule has 11 heteroatoms. The van der Waals surface area contributed by atoms with E-state index < -0.39 is 36.4 Å². The number of halogens is 1. The van der Waals surface area contributed by atoms with Crippen molar-refractivity contribution in [2.24, 2.45) is 5.73 Å². The van der Waals surface area contributed by atoms with E-state index in [-0.39, 0.29) is 12.4 Å². The Hall–Kier alpha value is -2.05. The highest BCUT2D eigenvalue weighted by atomic mass is 35.5. The van der Waals surface area contributed by atoms with E-state index in [2.05, 4.69) is 10.3 Å². The van der Waals surface area contributed by atoms with E-state index in [1.54, 1.807) is 24.3 Å². The third-order valence-electron chi connectivity index (χ3n) is 4.22. The van der Waals surface area contributed by atoms with Crippen LogP contribution in [0.15, 0.2) is 36.7 Å². The molecule has 0 radical (unpaired) electrons. The molecule has 1 aromatic heterocycles. The number of nitrogens with one attached hydrogen (secondary N) is 1. The first-order chi connectivity index (χ1) is 12.7. The van der Waals surface area contributed by atoms with Crippen LogP contribution in [0.1, 0.15) is 16.2 Å². The number of nitrogens with two attached hydrogens (primary N) is 1. The standard InChI is InChI=1S/C16H19ClN4O6/c17-9-3-1-2-8(6-9)7-20-15(25)14-19-4-5-21(14)16(26)12(23)10(22)11(27-16)13(18)24/h1-6,10-13,22-24,26H,7,18H2,(H,20,25)/t10-,11+,12-,13?,16+/m1/s1. The predicted molar refractivity (Wildman–Crippen MR) is 92.1 cm³/mol. The van der Waals surface area contributed by atoms with Gasteiger partial charge in [-0.15, -0.1) is 0 Å². The average molecular weight is 399 g/mol. The van der Waals surface area contributed by atoms with E-state index >= 15 is 0 Å². The number of carbonyl (C=O) groups excluding carboxylic acids is 1. The summed E-state index contributed by atoms with van der Waals surface area (Å²) in [4.78, 5) is 16.3. The molecule has 0 aliphatic carbocycles. The summed E-state index contributed by atoms with van der Waals surface area (Å²) in [6, 6.07) is 6.87. The minimum atomic E-state index is -2.54. The van der Waals surface area contributed by atoms with Crippen LogP contribution in [-0.2, 0) is 17.2 Å². The van der Waals surface area contributed by atoms with Gasteiger partial charge < -0.3 is 36.2 Å². The van der Waals surface area contributed by atoms with Crippen LogP contribution in [0.4, 0.5) is 0 Å². The quantitative estimate of drug-likeness (QED) is 0.330. The van der Waals surface area contributed by atoms with Crippen LogP contribution in [-0.4, -0.2) is 60.4 Å². The van der Waals surface area contributed by atoms with Crippen LogP contribution in [0.25, 0.3) is 0 Å². The molecule has 1 unspecified atom stereocenters. The fourth-order valence-electron chi connectivity index (χ4n) is 2.85. The number of nitrogens with zero attached hydrogens (tertiary/aromatic N) is 2. The molecule has 146 valence electrons. The Labute approximate surface area is 158 Å². The molecule has 0 saturated carbocycles. The maximum Gasteiger partial charge on any atom is 0.287 e. The first kappa shape index (κ1) is 19.7. The molecule has 0 bridgehead atoms. The Morgan fingerprint density at radius 2 is 2.22 bits per heavy atom. The number of rotatable bonds is 5. The Kier molecular flexibility index (Phi) is 5.49. The zero-order chi connectivity index (χ0) is 19.8. The molecule has 1 aromatic carbocycles. The van der Waals surface area contributed by atoms with Gasteiger partial charge in [0, 0.05) is 24.0 Å². The van der Waals surface area contributed by atoms with Crippen LogP contribution in [0.5, 0.6) is 0 Å². The van der Waals surface area contributed by atoms with Crippen molar-refractivity contribution in [3.63, 3.8) is 0 Å². The van der Waals surface area contributed by atoms with Gasteiger partial charge in [0.1, 0.15) is 18.4 Å². The molecular formula is C16H19ClN4O6. The zero-order valence-electron chi connectivity index (χ0n) is 13.9. The third-order valence-corrected chi connectivity index (χ3v) is 4.46. The van der Waals surface area contributed by atoms with Crippen molar-refractivity contribution in [3.05, 3.63) is 53.1 Å². The number of hydrogen-bond donors (Lipinski definition) is 6. The molecule has 1 saturated heterocycles. The molecule has 1 aliphatic heterocycles. The average Bonchev–Trinajstić information content (AvgIpc) is 3.20. The first-order valence-electron chi connectivity index (χ1n) is 8.00. The molecule has 10 nitrogen and oxygen atoms in total. The summed E-state index contributed by atoms with van der Waals surface area (Å²) >= 11 is 5.90. The van der Waals surface area contributed by atoms with Gasteiger partial charge in [0.05, 0.1) is 0 Å². The van der Waals surface area contributed by atoms with Crippen molar-refractivity contribution in [3.8, 4) is 0 Å².